The summed E-state index contributed by atoms with van der Waals surface area (Å²) >= 11 is 0. The number of carbonyl (C=O) groups excluding carboxylic acids is 2. The van der Waals surface area contributed by atoms with E-state index in [0.29, 0.717) is 0 Å². The molecule has 0 spiro atoms. The molecule has 1 amide bonds. The van der Waals surface area contributed by atoms with E-state index in [1.165, 1.54) is 0 Å². The van der Waals surface area contributed by atoms with Gasteiger partial charge in [0.25, 0.3) is 5.92 Å². The molecular formula is C13H21F2NO4. The number of likely N-dealkylation sites (tertiary alicyclic amines) is 1. The number of rotatable bonds is 2. The maximum absolute atomic E-state index is 13.4. The number of ether oxygens (including phenoxy) is 2. The van der Waals surface area contributed by atoms with Crippen LogP contribution in [0, 0.1) is 0 Å². The van der Waals surface area contributed by atoms with E-state index < -0.39 is 42.5 Å². The van der Waals surface area contributed by atoms with Gasteiger partial charge in [0, 0.05) is 19.4 Å². The zero-order valence-corrected chi connectivity index (χ0v) is 12.2. The van der Waals surface area contributed by atoms with Gasteiger partial charge in [-0.1, -0.05) is 0 Å². The molecule has 0 aromatic carbocycles. The second-order valence-corrected chi connectivity index (χ2v) is 5.75. The standard InChI is InChI=1S/C13H21F2NO4/c1-5-19-10(17)9-8-13(14,15)6-7-16(9)11(18)20-12(2,3)4/h9H,5-8H2,1-4H3. The van der Waals surface area contributed by atoms with E-state index in [1.807, 2.05) is 0 Å². The lowest BCUT2D eigenvalue weighted by Crippen LogP contribution is -2.54. The first-order chi connectivity index (χ1) is 9.06. The van der Waals surface area contributed by atoms with E-state index in [9.17, 15) is 18.4 Å². The van der Waals surface area contributed by atoms with E-state index >= 15 is 0 Å². The zero-order valence-electron chi connectivity index (χ0n) is 12.2. The van der Waals surface area contributed by atoms with Crippen LogP contribution in [0.5, 0.6) is 0 Å². The zero-order chi connectivity index (χ0) is 15.6. The Morgan fingerprint density at radius 3 is 2.45 bits per heavy atom. The predicted molar refractivity (Wildman–Crippen MR) is 67.5 cm³/mol. The third-order valence-electron chi connectivity index (χ3n) is 2.77. The molecule has 0 N–H and O–H groups in total. The molecule has 20 heavy (non-hydrogen) atoms. The molecule has 1 saturated heterocycles. The Bertz CT molecular complexity index is 379. The molecule has 0 aromatic heterocycles. The van der Waals surface area contributed by atoms with Crippen LogP contribution in [0.15, 0.2) is 0 Å². The van der Waals surface area contributed by atoms with Crippen molar-refractivity contribution in [2.45, 2.75) is 58.1 Å². The Kier molecular flexibility index (Phi) is 4.94. The highest BCUT2D eigenvalue weighted by molar-refractivity contribution is 5.82. The largest absolute Gasteiger partial charge is 0.464 e. The third kappa shape index (κ3) is 4.61. The minimum absolute atomic E-state index is 0.0725. The number of esters is 1. The van der Waals surface area contributed by atoms with Crippen molar-refractivity contribution in [3.8, 4) is 0 Å². The quantitative estimate of drug-likeness (QED) is 0.734. The van der Waals surface area contributed by atoms with Crippen LogP contribution >= 0.6 is 0 Å². The van der Waals surface area contributed by atoms with E-state index in [0.717, 1.165) is 4.90 Å². The van der Waals surface area contributed by atoms with Crippen LogP contribution in [0.4, 0.5) is 13.6 Å². The summed E-state index contributed by atoms with van der Waals surface area (Å²) in [5.41, 5.74) is -0.754. The van der Waals surface area contributed by atoms with Crippen molar-refractivity contribution in [3.63, 3.8) is 0 Å². The molecule has 0 saturated carbocycles. The molecule has 1 aliphatic heterocycles. The molecule has 1 atom stereocenters. The molecule has 0 aliphatic carbocycles. The number of piperidine rings is 1. The van der Waals surface area contributed by atoms with Crippen molar-refractivity contribution in [3.05, 3.63) is 0 Å². The molecule has 0 radical (unpaired) electrons. The van der Waals surface area contributed by atoms with E-state index in [-0.39, 0.29) is 13.2 Å². The van der Waals surface area contributed by atoms with Crippen molar-refractivity contribution in [1.82, 2.24) is 4.90 Å². The van der Waals surface area contributed by atoms with Gasteiger partial charge in [-0.25, -0.2) is 18.4 Å². The number of carbonyl (C=O) groups is 2. The average Bonchev–Trinajstić information content (AvgIpc) is 2.25. The predicted octanol–water partition coefficient (Wildman–Crippen LogP) is 2.58. The highest BCUT2D eigenvalue weighted by Crippen LogP contribution is 2.33. The lowest BCUT2D eigenvalue weighted by atomic mass is 9.99. The summed E-state index contributed by atoms with van der Waals surface area (Å²) in [5.74, 6) is -3.80. The Hall–Kier alpha value is -1.40. The third-order valence-corrected chi connectivity index (χ3v) is 2.77. The number of nitrogens with zero attached hydrogens (tertiary/aromatic N) is 1. The summed E-state index contributed by atoms with van der Waals surface area (Å²) in [7, 11) is 0. The van der Waals surface area contributed by atoms with Gasteiger partial charge in [0.05, 0.1) is 6.61 Å². The molecule has 1 aliphatic rings. The van der Waals surface area contributed by atoms with Gasteiger partial charge < -0.3 is 9.47 Å². The van der Waals surface area contributed by atoms with Crippen LogP contribution in [-0.4, -0.2) is 47.7 Å². The number of halogens is 2. The monoisotopic (exact) mass is 293 g/mol. The molecular weight excluding hydrogens is 272 g/mol. The van der Waals surface area contributed by atoms with Gasteiger partial charge in [-0.05, 0) is 27.7 Å². The normalized spacial score (nSPS) is 22.3. The van der Waals surface area contributed by atoms with Crippen molar-refractivity contribution < 1.29 is 27.8 Å². The van der Waals surface area contributed by atoms with Crippen molar-refractivity contribution in [1.29, 1.82) is 0 Å². The van der Waals surface area contributed by atoms with Crippen LogP contribution in [-0.2, 0) is 14.3 Å². The van der Waals surface area contributed by atoms with Crippen LogP contribution in [0.2, 0.25) is 0 Å². The summed E-state index contributed by atoms with van der Waals surface area (Å²) in [4.78, 5) is 24.8. The number of alkyl halides is 2. The molecule has 5 nitrogen and oxygen atoms in total. The highest BCUT2D eigenvalue weighted by Gasteiger charge is 2.46. The topological polar surface area (TPSA) is 55.8 Å². The van der Waals surface area contributed by atoms with Gasteiger partial charge >= 0.3 is 12.1 Å². The smallest absolute Gasteiger partial charge is 0.411 e. The maximum atomic E-state index is 13.4. The maximum Gasteiger partial charge on any atom is 0.411 e. The average molecular weight is 293 g/mol. The lowest BCUT2D eigenvalue weighted by Gasteiger charge is -2.38. The first-order valence-electron chi connectivity index (χ1n) is 6.60. The van der Waals surface area contributed by atoms with Gasteiger partial charge in [0.2, 0.25) is 0 Å². The summed E-state index contributed by atoms with van der Waals surface area (Å²) in [6.45, 7) is 6.43. The molecule has 1 heterocycles. The Balaban J connectivity index is 2.86. The second kappa shape index (κ2) is 5.93. The van der Waals surface area contributed by atoms with Crippen molar-refractivity contribution >= 4 is 12.1 Å². The fraction of sp³-hybridized carbons (Fsp3) is 0.846. The summed E-state index contributed by atoms with van der Waals surface area (Å²) in [6.07, 6.45) is -1.99. The Morgan fingerprint density at radius 1 is 1.35 bits per heavy atom. The van der Waals surface area contributed by atoms with Crippen molar-refractivity contribution in [2.75, 3.05) is 13.2 Å². The van der Waals surface area contributed by atoms with Crippen LogP contribution in [0.3, 0.4) is 0 Å². The fourth-order valence-corrected chi connectivity index (χ4v) is 1.92. The number of hydrogen-bond acceptors (Lipinski definition) is 4. The van der Waals surface area contributed by atoms with E-state index in [1.54, 1.807) is 27.7 Å². The Labute approximate surface area is 117 Å². The minimum atomic E-state index is -2.98. The minimum Gasteiger partial charge on any atom is -0.464 e. The van der Waals surface area contributed by atoms with Gasteiger partial charge in [0.1, 0.15) is 11.6 Å². The molecule has 7 heteroatoms. The second-order valence-electron chi connectivity index (χ2n) is 5.75. The molecule has 0 aromatic rings. The van der Waals surface area contributed by atoms with Gasteiger partial charge in [-0.3, -0.25) is 4.90 Å². The highest BCUT2D eigenvalue weighted by atomic mass is 19.3. The number of amides is 1. The van der Waals surface area contributed by atoms with Crippen molar-refractivity contribution in [2.24, 2.45) is 0 Å². The van der Waals surface area contributed by atoms with E-state index in [4.69, 9.17) is 9.47 Å². The van der Waals surface area contributed by atoms with Gasteiger partial charge in [-0.2, -0.15) is 0 Å². The Morgan fingerprint density at radius 2 is 1.95 bits per heavy atom. The van der Waals surface area contributed by atoms with Crippen LogP contribution in [0.1, 0.15) is 40.5 Å². The molecule has 0 bridgehead atoms. The summed E-state index contributed by atoms with van der Waals surface area (Å²) in [5, 5.41) is 0. The summed E-state index contributed by atoms with van der Waals surface area (Å²) in [6, 6.07) is -1.30. The summed E-state index contributed by atoms with van der Waals surface area (Å²) < 4.78 is 36.8. The van der Waals surface area contributed by atoms with Gasteiger partial charge in [-0.15, -0.1) is 0 Å². The van der Waals surface area contributed by atoms with Gasteiger partial charge in [0.15, 0.2) is 0 Å². The lowest BCUT2D eigenvalue weighted by molar-refractivity contribution is -0.158. The first kappa shape index (κ1) is 16.7. The first-order valence-corrected chi connectivity index (χ1v) is 6.60. The number of hydrogen-bond donors (Lipinski definition) is 0. The molecule has 116 valence electrons. The van der Waals surface area contributed by atoms with Crippen LogP contribution < -0.4 is 0 Å². The van der Waals surface area contributed by atoms with E-state index in [2.05, 4.69) is 0 Å². The van der Waals surface area contributed by atoms with Crippen LogP contribution in [0.25, 0.3) is 0 Å². The molecule has 1 rings (SSSR count). The molecule has 1 unspecified atom stereocenters. The fourth-order valence-electron chi connectivity index (χ4n) is 1.92. The molecule has 1 fully saturated rings. The SMILES string of the molecule is CCOC(=O)C1CC(F)(F)CCN1C(=O)OC(C)(C)C.